The molecular formula is C33H43N5O5. The molecule has 6 rings (SSSR count). The van der Waals surface area contributed by atoms with Gasteiger partial charge in [-0.3, -0.25) is 19.2 Å². The van der Waals surface area contributed by atoms with Gasteiger partial charge in [-0.15, -0.1) is 0 Å². The Balaban J connectivity index is 1.14. The summed E-state index contributed by atoms with van der Waals surface area (Å²) in [5.41, 5.74) is 7.37. The Kier molecular flexibility index (Phi) is 9.34. The molecule has 0 unspecified atom stereocenters. The van der Waals surface area contributed by atoms with Crippen molar-refractivity contribution in [1.82, 2.24) is 21.3 Å². The monoisotopic (exact) mass is 589 g/mol. The van der Waals surface area contributed by atoms with Crippen LogP contribution in [0.3, 0.4) is 0 Å². The summed E-state index contributed by atoms with van der Waals surface area (Å²) >= 11 is 0. The van der Waals surface area contributed by atoms with E-state index in [0.717, 1.165) is 30.4 Å². The summed E-state index contributed by atoms with van der Waals surface area (Å²) < 4.78 is 0. The fourth-order valence-electron chi connectivity index (χ4n) is 7.63. The zero-order valence-corrected chi connectivity index (χ0v) is 24.7. The molecule has 0 heterocycles. The van der Waals surface area contributed by atoms with E-state index >= 15 is 0 Å². The standard InChI is InChI=1S/C33H43N5O5/c1-20(37-30(41)27(34)14-22-7-9-26(39)10-8-22)29(40)38-28(15-21-5-3-2-4-6-21)31(42)35-19-36-32(43)33-16-23-11-24(17-33)13-25(12-23)18-33/h2-10,20,23-25,27-28,39H,11-19,34H2,1H3,(H,35,42)(H,36,43)(H,37,41)(H,38,40)/t20-,23?,24?,25?,27+,28+,33?/m1/s1. The second kappa shape index (κ2) is 13.2. The van der Waals surface area contributed by atoms with Crippen LogP contribution in [-0.4, -0.2) is 53.5 Å². The van der Waals surface area contributed by atoms with Crippen LogP contribution in [0.1, 0.15) is 56.6 Å². The summed E-state index contributed by atoms with van der Waals surface area (Å²) in [6.45, 7) is 1.52. The lowest BCUT2D eigenvalue weighted by Crippen LogP contribution is -2.57. The topological polar surface area (TPSA) is 163 Å². The maximum Gasteiger partial charge on any atom is 0.244 e. The van der Waals surface area contributed by atoms with Gasteiger partial charge in [0.2, 0.25) is 23.6 Å². The first-order valence-corrected chi connectivity index (χ1v) is 15.3. The third-order valence-electron chi connectivity index (χ3n) is 9.43. The molecule has 4 fully saturated rings. The molecule has 2 aromatic rings. The summed E-state index contributed by atoms with van der Waals surface area (Å²) in [5.74, 6) is 0.601. The maximum atomic E-state index is 13.3. The largest absolute Gasteiger partial charge is 0.508 e. The van der Waals surface area contributed by atoms with Gasteiger partial charge in [0.25, 0.3) is 0 Å². The highest BCUT2D eigenvalue weighted by Gasteiger charge is 2.54. The molecule has 43 heavy (non-hydrogen) atoms. The molecule has 4 aliphatic rings. The third kappa shape index (κ3) is 7.54. The van der Waals surface area contributed by atoms with Gasteiger partial charge >= 0.3 is 0 Å². The van der Waals surface area contributed by atoms with Crippen LogP contribution in [0.25, 0.3) is 0 Å². The highest BCUT2D eigenvalue weighted by Crippen LogP contribution is 2.60. The SMILES string of the molecule is C[C@@H](NC(=O)[C@@H](N)Cc1ccc(O)cc1)C(=O)N[C@@H](Cc1ccccc1)C(=O)NCNC(=O)C12CC3CC(CC(C3)C1)C2. The van der Waals surface area contributed by atoms with Crippen LogP contribution in [0.4, 0.5) is 0 Å². The molecule has 0 spiro atoms. The summed E-state index contributed by atoms with van der Waals surface area (Å²) in [5, 5.41) is 20.6. The normalized spacial score (nSPS) is 25.7. The number of benzene rings is 2. The molecule has 4 amide bonds. The van der Waals surface area contributed by atoms with Crippen LogP contribution in [0, 0.1) is 23.2 Å². The van der Waals surface area contributed by atoms with Gasteiger partial charge in [0.1, 0.15) is 17.8 Å². The van der Waals surface area contributed by atoms with Gasteiger partial charge in [0, 0.05) is 6.42 Å². The van der Waals surface area contributed by atoms with E-state index in [1.54, 1.807) is 12.1 Å². The predicted octanol–water partition coefficient (Wildman–Crippen LogP) is 1.90. The third-order valence-corrected chi connectivity index (χ3v) is 9.43. The quantitative estimate of drug-likeness (QED) is 0.207. The number of rotatable bonds is 12. The van der Waals surface area contributed by atoms with Crippen molar-refractivity contribution in [1.29, 1.82) is 0 Å². The number of hydrogen-bond donors (Lipinski definition) is 6. The zero-order chi connectivity index (χ0) is 30.6. The molecule has 0 saturated heterocycles. The van der Waals surface area contributed by atoms with E-state index in [4.69, 9.17) is 5.73 Å². The Hall–Kier alpha value is -3.92. The first-order valence-electron chi connectivity index (χ1n) is 15.3. The first kappa shape index (κ1) is 30.5. The number of phenolic OH excluding ortho intramolecular Hbond substituents is 1. The molecule has 2 aromatic carbocycles. The minimum absolute atomic E-state index is 0.0149. The van der Waals surface area contributed by atoms with Gasteiger partial charge in [-0.25, -0.2) is 0 Å². The Morgan fingerprint density at radius 1 is 0.791 bits per heavy atom. The number of nitrogens with one attached hydrogen (secondary N) is 4. The molecule has 4 bridgehead atoms. The van der Waals surface area contributed by atoms with E-state index in [0.29, 0.717) is 17.8 Å². The molecule has 7 N–H and O–H groups in total. The van der Waals surface area contributed by atoms with Crippen molar-refractivity contribution in [2.24, 2.45) is 28.9 Å². The predicted molar refractivity (Wildman–Crippen MR) is 161 cm³/mol. The number of phenols is 1. The summed E-state index contributed by atoms with van der Waals surface area (Å²) in [6, 6.07) is 12.9. The number of carbonyl (C=O) groups excluding carboxylic acids is 4. The fourth-order valence-corrected chi connectivity index (χ4v) is 7.63. The molecule has 230 valence electrons. The minimum atomic E-state index is -0.944. The molecule has 10 nitrogen and oxygen atoms in total. The molecule has 3 atom stereocenters. The lowest BCUT2D eigenvalue weighted by atomic mass is 9.49. The molecule has 0 aromatic heterocycles. The van der Waals surface area contributed by atoms with Gasteiger partial charge < -0.3 is 32.1 Å². The lowest BCUT2D eigenvalue weighted by Gasteiger charge is -2.55. The Bertz CT molecular complexity index is 1280. The lowest BCUT2D eigenvalue weighted by molar-refractivity contribution is -0.146. The van der Waals surface area contributed by atoms with Crippen molar-refractivity contribution < 1.29 is 24.3 Å². The van der Waals surface area contributed by atoms with Crippen LogP contribution < -0.4 is 27.0 Å². The van der Waals surface area contributed by atoms with E-state index in [2.05, 4.69) is 21.3 Å². The van der Waals surface area contributed by atoms with Gasteiger partial charge in [0.05, 0.1) is 18.1 Å². The van der Waals surface area contributed by atoms with Crippen LogP contribution in [0.2, 0.25) is 0 Å². The maximum absolute atomic E-state index is 13.3. The van der Waals surface area contributed by atoms with E-state index in [-0.39, 0.29) is 36.6 Å². The highest BCUT2D eigenvalue weighted by atomic mass is 16.3. The Labute approximate surface area is 252 Å². The van der Waals surface area contributed by atoms with Gasteiger partial charge in [0.15, 0.2) is 0 Å². The number of hydrogen-bond acceptors (Lipinski definition) is 6. The number of amides is 4. The number of carbonyl (C=O) groups is 4. The van der Waals surface area contributed by atoms with Crippen LogP contribution in [0.5, 0.6) is 5.75 Å². The van der Waals surface area contributed by atoms with Gasteiger partial charge in [-0.2, -0.15) is 0 Å². The summed E-state index contributed by atoms with van der Waals surface area (Å²) in [6.07, 6.45) is 7.01. The van der Waals surface area contributed by atoms with Crippen LogP contribution in [0.15, 0.2) is 54.6 Å². The minimum Gasteiger partial charge on any atom is -0.508 e. The Morgan fingerprint density at radius 3 is 1.98 bits per heavy atom. The van der Waals surface area contributed by atoms with Crippen LogP contribution in [-0.2, 0) is 32.0 Å². The van der Waals surface area contributed by atoms with Gasteiger partial charge in [-0.1, -0.05) is 42.5 Å². The first-order chi connectivity index (χ1) is 20.6. The van der Waals surface area contributed by atoms with E-state index in [1.165, 1.54) is 38.3 Å². The molecule has 0 aliphatic heterocycles. The van der Waals surface area contributed by atoms with Crippen molar-refractivity contribution in [3.8, 4) is 5.75 Å². The van der Waals surface area contributed by atoms with Crippen molar-refractivity contribution in [2.75, 3.05) is 6.67 Å². The highest BCUT2D eigenvalue weighted by molar-refractivity contribution is 5.93. The summed E-state index contributed by atoms with van der Waals surface area (Å²) in [7, 11) is 0. The molecule has 4 saturated carbocycles. The van der Waals surface area contributed by atoms with Crippen LogP contribution >= 0.6 is 0 Å². The smallest absolute Gasteiger partial charge is 0.244 e. The molecule has 0 radical (unpaired) electrons. The van der Waals surface area contributed by atoms with Crippen molar-refractivity contribution >= 4 is 23.6 Å². The second-order valence-electron chi connectivity index (χ2n) is 12.9. The molecule has 4 aliphatic carbocycles. The summed E-state index contributed by atoms with van der Waals surface area (Å²) in [4.78, 5) is 52.4. The van der Waals surface area contributed by atoms with E-state index in [9.17, 15) is 24.3 Å². The van der Waals surface area contributed by atoms with Crippen molar-refractivity contribution in [2.45, 2.75) is 76.4 Å². The average Bonchev–Trinajstić information content (AvgIpc) is 2.97. The number of aromatic hydroxyl groups is 1. The Morgan fingerprint density at radius 2 is 1.37 bits per heavy atom. The van der Waals surface area contributed by atoms with E-state index < -0.39 is 35.8 Å². The fraction of sp³-hybridized carbons (Fsp3) is 0.515. The molecule has 10 heteroatoms. The molecular weight excluding hydrogens is 546 g/mol. The number of nitrogens with two attached hydrogens (primary N) is 1. The van der Waals surface area contributed by atoms with Crippen molar-refractivity contribution in [3.05, 3.63) is 65.7 Å². The zero-order valence-electron chi connectivity index (χ0n) is 24.7. The average molecular weight is 590 g/mol. The second-order valence-corrected chi connectivity index (χ2v) is 12.9. The van der Waals surface area contributed by atoms with E-state index in [1.807, 2.05) is 30.3 Å². The van der Waals surface area contributed by atoms with Crippen molar-refractivity contribution in [3.63, 3.8) is 0 Å². The van der Waals surface area contributed by atoms with Gasteiger partial charge in [-0.05, 0) is 92.9 Å².